The third kappa shape index (κ3) is 7.21. The largest absolute Gasteiger partial charge is 0.0958 e. The minimum Gasteiger partial charge on any atom is -0.0958 e. The molecule has 0 radical (unpaired) electrons. The summed E-state index contributed by atoms with van der Waals surface area (Å²) in [6.45, 7) is 13.0. The van der Waals surface area contributed by atoms with Gasteiger partial charge in [0.25, 0.3) is 0 Å². The lowest BCUT2D eigenvalue weighted by Gasteiger charge is -2.17. The van der Waals surface area contributed by atoms with Gasteiger partial charge in [0.1, 0.15) is 0 Å². The van der Waals surface area contributed by atoms with Crippen LogP contribution in [0.2, 0.25) is 0 Å². The topological polar surface area (TPSA) is 0 Å². The summed E-state index contributed by atoms with van der Waals surface area (Å²) in [6, 6.07) is 9.18. The van der Waals surface area contributed by atoms with E-state index in [4.69, 9.17) is 0 Å². The maximum atomic E-state index is 4.25. The van der Waals surface area contributed by atoms with Crippen LogP contribution >= 0.6 is 0 Å². The lowest BCUT2D eigenvalue weighted by atomic mass is 9.88. The monoisotopic (exact) mass is 360 g/mol. The van der Waals surface area contributed by atoms with E-state index in [0.29, 0.717) is 5.92 Å². The number of aryl methyl sites for hydroxylation is 1. The fourth-order valence-electron chi connectivity index (χ4n) is 3.72. The van der Waals surface area contributed by atoms with Crippen molar-refractivity contribution in [3.63, 3.8) is 0 Å². The molecule has 0 amide bonds. The van der Waals surface area contributed by atoms with Gasteiger partial charge >= 0.3 is 0 Å². The third-order valence-electron chi connectivity index (χ3n) is 5.40. The van der Waals surface area contributed by atoms with Gasteiger partial charge in [-0.15, -0.1) is 0 Å². The van der Waals surface area contributed by atoms with Crippen LogP contribution < -0.4 is 0 Å². The molecule has 1 aromatic rings. The summed E-state index contributed by atoms with van der Waals surface area (Å²) in [5.41, 5.74) is 6.51. The summed E-state index contributed by atoms with van der Waals surface area (Å²) >= 11 is 0. The Morgan fingerprint density at radius 2 is 1.96 bits per heavy atom. The molecule has 0 saturated carbocycles. The second kappa shape index (κ2) is 11.6. The Balaban J connectivity index is 1.84. The van der Waals surface area contributed by atoms with E-state index in [0.717, 1.165) is 31.3 Å². The first-order valence-electron chi connectivity index (χ1n) is 10.6. The standard InChI is InChI=1S/C27H36/c1-5-12-26(27-18-11-14-24(6-2)21-27)17-10-13-22(3)19-20-23(4)25-15-8-7-9-16-25/h8,11,14-16,18-21,26H,3-7,9-10,12-13,17H2,1-2H3/b20-19+. The van der Waals surface area contributed by atoms with Crippen LogP contribution in [-0.4, -0.2) is 0 Å². The minimum atomic E-state index is 0.672. The molecule has 2 rings (SSSR count). The number of benzene rings is 1. The van der Waals surface area contributed by atoms with Crippen LogP contribution in [0.15, 0.2) is 84.5 Å². The molecular weight excluding hydrogens is 324 g/mol. The van der Waals surface area contributed by atoms with E-state index in [2.05, 4.69) is 81.7 Å². The molecular formula is C27H36. The minimum absolute atomic E-state index is 0.672. The maximum Gasteiger partial charge on any atom is -0.0162 e. The van der Waals surface area contributed by atoms with Gasteiger partial charge in [0.15, 0.2) is 0 Å². The highest BCUT2D eigenvalue weighted by Gasteiger charge is 2.11. The Morgan fingerprint density at radius 1 is 1.11 bits per heavy atom. The SMILES string of the molecule is C=C(/C=C/C(=C)C1=CCCC=C1)CCCC(CCC)c1cccc(CC)c1. The molecule has 0 N–H and O–H groups in total. The lowest BCUT2D eigenvalue weighted by molar-refractivity contribution is 0.546. The second-order valence-electron chi connectivity index (χ2n) is 7.63. The van der Waals surface area contributed by atoms with Gasteiger partial charge in [-0.1, -0.05) is 93.6 Å². The molecule has 0 fully saturated rings. The van der Waals surface area contributed by atoms with E-state index in [1.807, 2.05) is 0 Å². The Bertz CT molecular complexity index is 711. The first kappa shape index (κ1) is 21.2. The van der Waals surface area contributed by atoms with E-state index in [1.54, 1.807) is 0 Å². The van der Waals surface area contributed by atoms with Gasteiger partial charge in [-0.2, -0.15) is 0 Å². The molecule has 0 heterocycles. The summed E-state index contributed by atoms with van der Waals surface area (Å²) < 4.78 is 0. The zero-order valence-corrected chi connectivity index (χ0v) is 17.3. The molecule has 0 aliphatic heterocycles. The lowest BCUT2D eigenvalue weighted by Crippen LogP contribution is -2.00. The molecule has 1 aliphatic rings. The van der Waals surface area contributed by atoms with E-state index in [9.17, 15) is 0 Å². The zero-order valence-electron chi connectivity index (χ0n) is 17.3. The Hall–Kier alpha value is -2.08. The van der Waals surface area contributed by atoms with E-state index in [-0.39, 0.29) is 0 Å². The summed E-state index contributed by atoms with van der Waals surface area (Å²) in [7, 11) is 0. The van der Waals surface area contributed by atoms with Crippen molar-refractivity contribution in [1.29, 1.82) is 0 Å². The quantitative estimate of drug-likeness (QED) is 0.348. The second-order valence-corrected chi connectivity index (χ2v) is 7.63. The van der Waals surface area contributed by atoms with E-state index >= 15 is 0 Å². The predicted molar refractivity (Wildman–Crippen MR) is 121 cm³/mol. The van der Waals surface area contributed by atoms with E-state index in [1.165, 1.54) is 48.0 Å². The molecule has 1 unspecified atom stereocenters. The highest BCUT2D eigenvalue weighted by Crippen LogP contribution is 2.28. The molecule has 0 nitrogen and oxygen atoms in total. The van der Waals surface area contributed by atoms with Crippen molar-refractivity contribution in [2.24, 2.45) is 0 Å². The molecule has 1 atom stereocenters. The summed E-state index contributed by atoms with van der Waals surface area (Å²) in [6.07, 6.45) is 20.3. The average Bonchev–Trinajstić information content (AvgIpc) is 2.72. The van der Waals surface area contributed by atoms with Crippen molar-refractivity contribution in [2.45, 2.75) is 71.1 Å². The third-order valence-corrected chi connectivity index (χ3v) is 5.40. The van der Waals surface area contributed by atoms with Gasteiger partial charge in [0.2, 0.25) is 0 Å². The van der Waals surface area contributed by atoms with Crippen molar-refractivity contribution in [3.8, 4) is 0 Å². The van der Waals surface area contributed by atoms with Crippen LogP contribution in [0.1, 0.15) is 75.8 Å². The zero-order chi connectivity index (χ0) is 19.5. The molecule has 0 saturated heterocycles. The van der Waals surface area contributed by atoms with Crippen molar-refractivity contribution >= 4 is 0 Å². The fraction of sp³-hybridized carbons (Fsp3) is 0.407. The van der Waals surface area contributed by atoms with Gasteiger partial charge in [-0.25, -0.2) is 0 Å². The van der Waals surface area contributed by atoms with Crippen LogP contribution in [0.25, 0.3) is 0 Å². The average molecular weight is 361 g/mol. The molecule has 0 bridgehead atoms. The number of allylic oxidation sites excluding steroid dienone is 8. The van der Waals surface area contributed by atoms with Gasteiger partial charge in [-0.3, -0.25) is 0 Å². The van der Waals surface area contributed by atoms with E-state index < -0.39 is 0 Å². The van der Waals surface area contributed by atoms with Crippen molar-refractivity contribution in [1.82, 2.24) is 0 Å². The van der Waals surface area contributed by atoms with Gasteiger partial charge in [0.05, 0.1) is 0 Å². The molecule has 0 heteroatoms. The molecule has 27 heavy (non-hydrogen) atoms. The van der Waals surface area contributed by atoms with Crippen LogP contribution in [-0.2, 0) is 6.42 Å². The molecule has 144 valence electrons. The van der Waals surface area contributed by atoms with Crippen molar-refractivity contribution < 1.29 is 0 Å². The predicted octanol–water partition coefficient (Wildman–Crippen LogP) is 8.25. The summed E-state index contributed by atoms with van der Waals surface area (Å²) in [5, 5.41) is 0. The molecule has 0 spiro atoms. The fourth-order valence-corrected chi connectivity index (χ4v) is 3.72. The van der Waals surface area contributed by atoms with Gasteiger partial charge in [-0.05, 0) is 73.1 Å². The number of hydrogen-bond acceptors (Lipinski definition) is 0. The first-order valence-corrected chi connectivity index (χ1v) is 10.6. The normalized spacial score (nSPS) is 15.0. The van der Waals surface area contributed by atoms with Crippen LogP contribution in [0.5, 0.6) is 0 Å². The first-order chi connectivity index (χ1) is 13.1. The molecule has 1 aliphatic carbocycles. The van der Waals surface area contributed by atoms with Gasteiger partial charge in [0, 0.05) is 0 Å². The van der Waals surface area contributed by atoms with Gasteiger partial charge < -0.3 is 0 Å². The molecule has 1 aromatic carbocycles. The molecule has 0 aromatic heterocycles. The Labute approximate surface area is 167 Å². The van der Waals surface area contributed by atoms with Crippen molar-refractivity contribution in [3.05, 3.63) is 95.6 Å². The summed E-state index contributed by atoms with van der Waals surface area (Å²) in [5.74, 6) is 0.672. The highest BCUT2D eigenvalue weighted by molar-refractivity contribution is 5.46. The Kier molecular flexibility index (Phi) is 9.11. The van der Waals surface area contributed by atoms with Crippen LogP contribution in [0, 0.1) is 0 Å². The number of hydrogen-bond donors (Lipinski definition) is 0. The van der Waals surface area contributed by atoms with Crippen LogP contribution in [0.4, 0.5) is 0 Å². The number of rotatable bonds is 11. The van der Waals surface area contributed by atoms with Crippen LogP contribution in [0.3, 0.4) is 0 Å². The summed E-state index contributed by atoms with van der Waals surface area (Å²) in [4.78, 5) is 0. The smallest absolute Gasteiger partial charge is 0.0162 e. The van der Waals surface area contributed by atoms with Crippen molar-refractivity contribution in [2.75, 3.05) is 0 Å². The maximum absolute atomic E-state index is 4.25. The highest BCUT2D eigenvalue weighted by atomic mass is 14.2. The Morgan fingerprint density at radius 3 is 2.67 bits per heavy atom.